The molecule has 31 heavy (non-hydrogen) atoms. The highest BCUT2D eigenvalue weighted by Crippen LogP contribution is 2.22. The van der Waals surface area contributed by atoms with E-state index in [2.05, 4.69) is 25.7 Å². The Labute approximate surface area is 174 Å². The number of primary sulfonamides is 1. The molecule has 2 aromatic heterocycles. The lowest BCUT2D eigenvalue weighted by Gasteiger charge is -2.09. The van der Waals surface area contributed by atoms with Crippen LogP contribution in [-0.4, -0.2) is 34.3 Å². The van der Waals surface area contributed by atoms with Crippen LogP contribution in [0, 0.1) is 12.7 Å². The second kappa shape index (κ2) is 8.47. The number of aryl methyl sites for hydroxylation is 1. The zero-order valence-electron chi connectivity index (χ0n) is 16.0. The van der Waals surface area contributed by atoms with Crippen LogP contribution in [0.15, 0.2) is 41.6 Å². The molecule has 166 valence electrons. The van der Waals surface area contributed by atoms with Crippen molar-refractivity contribution in [3.63, 3.8) is 0 Å². The highest BCUT2D eigenvalue weighted by Gasteiger charge is 2.28. The van der Waals surface area contributed by atoms with Gasteiger partial charge in [0, 0.05) is 12.7 Å². The molecule has 0 saturated carbocycles. The van der Waals surface area contributed by atoms with Crippen molar-refractivity contribution < 1.29 is 26.0 Å². The minimum absolute atomic E-state index is 0.0527. The average Bonchev–Trinajstić information content (AvgIpc) is 2.98. The van der Waals surface area contributed by atoms with Crippen LogP contribution in [0.5, 0.6) is 0 Å². The fraction of sp³-hybridized carbons (Fsp3) is 0.235. The molecule has 0 fully saturated rings. The van der Waals surface area contributed by atoms with E-state index < -0.39 is 28.6 Å². The van der Waals surface area contributed by atoms with Gasteiger partial charge in [0.25, 0.3) is 0 Å². The van der Waals surface area contributed by atoms with Crippen molar-refractivity contribution in [2.45, 2.75) is 31.1 Å². The summed E-state index contributed by atoms with van der Waals surface area (Å²) in [5, 5.41) is 14.3. The standard InChI is InChI=1S/C17H17F4N7O2S/c1-10-14(8-28(27-10)9-17(19,20)21)25-16-24-7-13(18)15(26-16)23-6-11-2-4-12(5-3-11)31(22,29)30/h2-5,7-8H,6,9H2,1H3,(H2,22,29,30)(H2,23,24,25,26). The van der Waals surface area contributed by atoms with Crippen molar-refractivity contribution in [3.05, 3.63) is 53.7 Å². The van der Waals surface area contributed by atoms with Gasteiger partial charge in [-0.2, -0.15) is 23.3 Å². The Kier molecular flexibility index (Phi) is 6.13. The maximum Gasteiger partial charge on any atom is 0.408 e. The number of alkyl halides is 3. The summed E-state index contributed by atoms with van der Waals surface area (Å²) in [4.78, 5) is 7.70. The monoisotopic (exact) mass is 459 g/mol. The first-order valence-corrected chi connectivity index (χ1v) is 10.2. The number of aromatic nitrogens is 4. The zero-order chi connectivity index (χ0) is 22.8. The van der Waals surface area contributed by atoms with Gasteiger partial charge in [-0.25, -0.2) is 22.9 Å². The van der Waals surface area contributed by atoms with Crippen molar-refractivity contribution >= 4 is 27.5 Å². The van der Waals surface area contributed by atoms with Gasteiger partial charge in [0.05, 0.1) is 22.5 Å². The Morgan fingerprint density at radius 3 is 2.48 bits per heavy atom. The maximum absolute atomic E-state index is 14.0. The molecular formula is C17H17F4N7O2S. The summed E-state index contributed by atoms with van der Waals surface area (Å²) in [5.74, 6) is -0.965. The molecule has 0 amide bonds. The summed E-state index contributed by atoms with van der Waals surface area (Å²) in [6.07, 6.45) is -2.38. The lowest BCUT2D eigenvalue weighted by Crippen LogP contribution is -2.17. The number of sulfonamides is 1. The Morgan fingerprint density at radius 1 is 1.19 bits per heavy atom. The fourth-order valence-electron chi connectivity index (χ4n) is 2.56. The molecule has 0 atom stereocenters. The third-order valence-corrected chi connectivity index (χ3v) is 4.92. The van der Waals surface area contributed by atoms with E-state index in [-0.39, 0.29) is 34.6 Å². The minimum atomic E-state index is -4.42. The van der Waals surface area contributed by atoms with Crippen LogP contribution in [-0.2, 0) is 23.1 Å². The molecule has 9 nitrogen and oxygen atoms in total. The summed E-state index contributed by atoms with van der Waals surface area (Å²) in [7, 11) is -3.82. The molecule has 0 aliphatic heterocycles. The number of hydrogen-bond donors (Lipinski definition) is 3. The van der Waals surface area contributed by atoms with Gasteiger partial charge >= 0.3 is 6.18 Å². The zero-order valence-corrected chi connectivity index (χ0v) is 16.8. The number of nitrogens with two attached hydrogens (primary N) is 1. The maximum atomic E-state index is 14.0. The Bertz CT molecular complexity index is 1180. The van der Waals surface area contributed by atoms with E-state index in [1.165, 1.54) is 31.2 Å². The quantitative estimate of drug-likeness (QED) is 0.464. The molecule has 0 aliphatic carbocycles. The summed E-state index contributed by atoms with van der Waals surface area (Å²) < 4.78 is 74.9. The van der Waals surface area contributed by atoms with Crippen molar-refractivity contribution in [2.75, 3.05) is 10.6 Å². The number of hydrogen-bond acceptors (Lipinski definition) is 7. The number of benzene rings is 1. The number of nitrogens with one attached hydrogen (secondary N) is 2. The average molecular weight is 459 g/mol. The summed E-state index contributed by atoms with van der Waals surface area (Å²) in [6.45, 7) is 0.362. The van der Waals surface area contributed by atoms with Crippen LogP contribution in [0.25, 0.3) is 0 Å². The third kappa shape index (κ3) is 6.11. The van der Waals surface area contributed by atoms with Gasteiger partial charge in [-0.3, -0.25) is 4.68 Å². The van der Waals surface area contributed by atoms with Crippen molar-refractivity contribution in [2.24, 2.45) is 5.14 Å². The number of anilines is 3. The molecule has 0 spiro atoms. The molecule has 0 unspecified atom stereocenters. The topological polar surface area (TPSA) is 128 Å². The first-order chi connectivity index (χ1) is 14.4. The van der Waals surface area contributed by atoms with E-state index >= 15 is 0 Å². The second-order valence-corrected chi connectivity index (χ2v) is 8.06. The number of rotatable bonds is 7. The normalized spacial score (nSPS) is 12.1. The molecule has 4 N–H and O–H groups in total. The van der Waals surface area contributed by atoms with E-state index in [0.29, 0.717) is 5.56 Å². The van der Waals surface area contributed by atoms with Crippen molar-refractivity contribution in [1.29, 1.82) is 0 Å². The van der Waals surface area contributed by atoms with Gasteiger partial charge in [0.1, 0.15) is 6.54 Å². The molecule has 3 aromatic rings. The van der Waals surface area contributed by atoms with Crippen LogP contribution in [0.2, 0.25) is 0 Å². The van der Waals surface area contributed by atoms with E-state index in [9.17, 15) is 26.0 Å². The van der Waals surface area contributed by atoms with E-state index in [1.54, 1.807) is 0 Å². The van der Waals surface area contributed by atoms with Crippen LogP contribution < -0.4 is 15.8 Å². The van der Waals surface area contributed by atoms with Gasteiger partial charge < -0.3 is 10.6 Å². The molecular weight excluding hydrogens is 442 g/mol. The second-order valence-electron chi connectivity index (χ2n) is 6.50. The Balaban J connectivity index is 1.71. The Morgan fingerprint density at radius 2 is 1.87 bits per heavy atom. The van der Waals surface area contributed by atoms with Crippen LogP contribution >= 0.6 is 0 Å². The molecule has 2 heterocycles. The van der Waals surface area contributed by atoms with Crippen molar-refractivity contribution in [1.82, 2.24) is 19.7 Å². The molecule has 3 rings (SSSR count). The first kappa shape index (κ1) is 22.4. The fourth-order valence-corrected chi connectivity index (χ4v) is 3.08. The third-order valence-electron chi connectivity index (χ3n) is 3.99. The number of nitrogens with zero attached hydrogens (tertiary/aromatic N) is 4. The van der Waals surface area contributed by atoms with Gasteiger partial charge in [-0.15, -0.1) is 0 Å². The van der Waals surface area contributed by atoms with Gasteiger partial charge in [0.15, 0.2) is 11.6 Å². The van der Waals surface area contributed by atoms with Crippen LogP contribution in [0.4, 0.5) is 35.0 Å². The molecule has 14 heteroatoms. The smallest absolute Gasteiger partial charge is 0.363 e. The first-order valence-electron chi connectivity index (χ1n) is 8.67. The lowest BCUT2D eigenvalue weighted by molar-refractivity contribution is -0.142. The van der Waals surface area contributed by atoms with Gasteiger partial charge in [-0.05, 0) is 24.6 Å². The predicted octanol–water partition coefficient (Wildman–Crippen LogP) is 2.69. The minimum Gasteiger partial charge on any atom is -0.363 e. The molecule has 0 aliphatic rings. The molecule has 0 radical (unpaired) electrons. The van der Waals surface area contributed by atoms with Crippen LogP contribution in [0.1, 0.15) is 11.3 Å². The Hall–Kier alpha value is -3.26. The largest absolute Gasteiger partial charge is 0.408 e. The molecule has 0 bridgehead atoms. The van der Waals surface area contributed by atoms with E-state index in [4.69, 9.17) is 5.14 Å². The lowest BCUT2D eigenvalue weighted by atomic mass is 10.2. The SMILES string of the molecule is Cc1nn(CC(F)(F)F)cc1Nc1ncc(F)c(NCc2ccc(S(N)(=O)=O)cc2)n1. The van der Waals surface area contributed by atoms with E-state index in [0.717, 1.165) is 17.1 Å². The van der Waals surface area contributed by atoms with Gasteiger partial charge in [0.2, 0.25) is 16.0 Å². The highest BCUT2D eigenvalue weighted by atomic mass is 32.2. The van der Waals surface area contributed by atoms with Crippen LogP contribution in [0.3, 0.4) is 0 Å². The number of halogens is 4. The van der Waals surface area contributed by atoms with Crippen molar-refractivity contribution in [3.8, 4) is 0 Å². The highest BCUT2D eigenvalue weighted by molar-refractivity contribution is 7.89. The summed E-state index contributed by atoms with van der Waals surface area (Å²) in [6, 6.07) is 5.64. The van der Waals surface area contributed by atoms with E-state index in [1.807, 2.05) is 0 Å². The molecule has 1 aromatic carbocycles. The molecule has 0 saturated heterocycles. The summed E-state index contributed by atoms with van der Waals surface area (Å²) in [5.41, 5.74) is 1.14. The van der Waals surface area contributed by atoms with Gasteiger partial charge in [-0.1, -0.05) is 12.1 Å². The summed E-state index contributed by atoms with van der Waals surface area (Å²) >= 11 is 0. The predicted molar refractivity (Wildman–Crippen MR) is 103 cm³/mol.